The molecule has 0 saturated carbocycles. The number of fused-ring (bicyclic) bond motifs is 1. The van der Waals surface area contributed by atoms with E-state index in [1.807, 2.05) is 0 Å². The van der Waals surface area contributed by atoms with Gasteiger partial charge >= 0.3 is 0 Å². The van der Waals surface area contributed by atoms with Gasteiger partial charge in [-0.1, -0.05) is 57.2 Å². The molecule has 1 unspecified atom stereocenters. The van der Waals surface area contributed by atoms with Crippen LogP contribution in [0, 0.1) is 17.6 Å². The smallest absolute Gasteiger partial charge is 0.241 e. The van der Waals surface area contributed by atoms with Gasteiger partial charge in [-0.05, 0) is 80.1 Å². The molecular weight excluding hydrogens is 430 g/mol. The average molecular weight is 469 g/mol. The number of carbonyl (C=O) groups excluding carboxylic acids is 1. The summed E-state index contributed by atoms with van der Waals surface area (Å²) in [5, 5.41) is 0. The van der Waals surface area contributed by atoms with Crippen molar-refractivity contribution in [2.75, 3.05) is 31.1 Å². The van der Waals surface area contributed by atoms with Gasteiger partial charge in [0.2, 0.25) is 5.91 Å². The quantitative estimate of drug-likeness (QED) is 0.393. The van der Waals surface area contributed by atoms with Crippen molar-refractivity contribution in [2.45, 2.75) is 70.6 Å². The normalized spacial score (nSPS) is 19.6. The number of amides is 1. The van der Waals surface area contributed by atoms with Crippen LogP contribution in [0.3, 0.4) is 0 Å². The zero-order valence-corrected chi connectivity index (χ0v) is 20.4. The Balaban J connectivity index is 1.42. The topological polar surface area (TPSA) is 23.6 Å². The lowest BCUT2D eigenvalue weighted by molar-refractivity contribution is -0.120. The van der Waals surface area contributed by atoms with Crippen molar-refractivity contribution in [3.8, 4) is 0 Å². The molecule has 0 spiro atoms. The second-order valence-electron chi connectivity index (χ2n) is 10.1. The molecule has 3 nitrogen and oxygen atoms in total. The van der Waals surface area contributed by atoms with E-state index in [2.05, 4.69) is 11.8 Å². The van der Waals surface area contributed by atoms with Crippen LogP contribution < -0.4 is 4.90 Å². The minimum absolute atomic E-state index is 0.0254. The number of halogens is 2. The zero-order chi connectivity index (χ0) is 23.9. The van der Waals surface area contributed by atoms with Crippen molar-refractivity contribution >= 4 is 11.6 Å². The van der Waals surface area contributed by atoms with Crippen LogP contribution in [-0.4, -0.2) is 37.0 Å². The van der Waals surface area contributed by atoms with E-state index in [0.29, 0.717) is 18.8 Å². The maximum absolute atomic E-state index is 14.3. The lowest BCUT2D eigenvalue weighted by atomic mass is 9.87. The third-order valence-corrected chi connectivity index (χ3v) is 7.64. The predicted molar refractivity (Wildman–Crippen MR) is 134 cm³/mol. The number of piperidine rings is 1. The monoisotopic (exact) mass is 468 g/mol. The average Bonchev–Trinajstić information content (AvgIpc) is 3.03. The zero-order valence-electron chi connectivity index (χ0n) is 20.4. The van der Waals surface area contributed by atoms with Crippen molar-refractivity contribution in [2.24, 2.45) is 5.92 Å². The molecule has 2 aliphatic rings. The molecule has 2 aliphatic heterocycles. The van der Waals surface area contributed by atoms with Crippen LogP contribution in [0.25, 0.3) is 0 Å². The molecule has 4 rings (SSSR count). The van der Waals surface area contributed by atoms with Gasteiger partial charge in [0.25, 0.3) is 0 Å². The number of likely N-dealkylation sites (tertiary alicyclic amines) is 1. The summed E-state index contributed by atoms with van der Waals surface area (Å²) >= 11 is 0. The van der Waals surface area contributed by atoms with Crippen molar-refractivity contribution in [1.29, 1.82) is 0 Å². The lowest BCUT2D eigenvalue weighted by Crippen LogP contribution is -2.44. The van der Waals surface area contributed by atoms with E-state index in [-0.39, 0.29) is 23.5 Å². The van der Waals surface area contributed by atoms with Gasteiger partial charge in [0.05, 0.1) is 12.2 Å². The summed E-state index contributed by atoms with van der Waals surface area (Å²) < 4.78 is 27.8. The third kappa shape index (κ3) is 6.24. The Hall–Kier alpha value is -2.27. The Labute approximate surface area is 203 Å². The Kier molecular flexibility index (Phi) is 8.71. The van der Waals surface area contributed by atoms with Gasteiger partial charge in [-0.3, -0.25) is 9.69 Å². The maximum atomic E-state index is 14.3. The first-order valence-electron chi connectivity index (χ1n) is 13.1. The Bertz CT molecular complexity index is 938. The first-order chi connectivity index (χ1) is 16.5. The van der Waals surface area contributed by atoms with Crippen LogP contribution in [0.4, 0.5) is 14.5 Å². The molecule has 184 valence electrons. The highest BCUT2D eigenvalue weighted by molar-refractivity contribution is 5.96. The summed E-state index contributed by atoms with van der Waals surface area (Å²) in [6.45, 7) is 5.15. The number of rotatable bonds is 8. The highest BCUT2D eigenvalue weighted by atomic mass is 19.1. The first-order valence-corrected chi connectivity index (χ1v) is 13.1. The fraction of sp³-hybridized carbons (Fsp3) is 0.552. The lowest BCUT2D eigenvalue weighted by Gasteiger charge is -2.33. The van der Waals surface area contributed by atoms with Gasteiger partial charge < -0.3 is 4.90 Å². The SMILES string of the molecule is CCCCCCC1CCN(CC(=O)N2CCCC(c3ccc(F)cc3)c3ccc(F)cc32)CC1. The standard InChI is InChI=1S/C29H38F2N2O/c1-2-3-4-5-7-22-15-18-32(19-16-22)21-29(34)33-17-6-8-26(23-9-11-24(30)12-10-23)27-14-13-25(31)20-28(27)33/h9-14,20,22,26H,2-8,15-19,21H2,1H3. The summed E-state index contributed by atoms with van der Waals surface area (Å²) in [4.78, 5) is 17.5. The molecular formula is C29H38F2N2O. The molecule has 2 aromatic rings. The Morgan fingerprint density at radius 3 is 2.38 bits per heavy atom. The highest BCUT2D eigenvalue weighted by Gasteiger charge is 2.29. The number of nitrogens with zero attached hydrogens (tertiary/aromatic N) is 2. The van der Waals surface area contributed by atoms with Crippen LogP contribution >= 0.6 is 0 Å². The van der Waals surface area contributed by atoms with E-state index in [0.717, 1.165) is 55.8 Å². The summed E-state index contributed by atoms with van der Waals surface area (Å²) in [5.74, 6) is 0.261. The number of anilines is 1. The van der Waals surface area contributed by atoms with Crippen molar-refractivity contribution in [3.63, 3.8) is 0 Å². The number of carbonyl (C=O) groups is 1. The molecule has 1 amide bonds. The summed E-state index contributed by atoms with van der Waals surface area (Å²) in [5.41, 5.74) is 2.62. The number of hydrogen-bond donors (Lipinski definition) is 0. The molecule has 5 heteroatoms. The first kappa shape index (κ1) is 24.8. The van der Waals surface area contributed by atoms with Crippen molar-refractivity contribution < 1.29 is 13.6 Å². The van der Waals surface area contributed by atoms with Crippen LogP contribution in [0.5, 0.6) is 0 Å². The molecule has 0 aliphatic carbocycles. The molecule has 2 heterocycles. The number of benzene rings is 2. The van der Waals surface area contributed by atoms with Gasteiger partial charge in [0, 0.05) is 12.5 Å². The van der Waals surface area contributed by atoms with E-state index in [1.165, 1.54) is 56.4 Å². The van der Waals surface area contributed by atoms with E-state index in [4.69, 9.17) is 0 Å². The summed E-state index contributed by atoms with van der Waals surface area (Å²) in [6.07, 6.45) is 10.6. The summed E-state index contributed by atoms with van der Waals surface area (Å²) in [7, 11) is 0. The van der Waals surface area contributed by atoms with E-state index < -0.39 is 0 Å². The van der Waals surface area contributed by atoms with Crippen molar-refractivity contribution in [3.05, 3.63) is 65.2 Å². The molecule has 1 saturated heterocycles. The fourth-order valence-electron chi connectivity index (χ4n) is 5.64. The van der Waals surface area contributed by atoms with E-state index in [1.54, 1.807) is 23.1 Å². The predicted octanol–water partition coefficient (Wildman–Crippen LogP) is 6.91. The van der Waals surface area contributed by atoms with E-state index in [9.17, 15) is 13.6 Å². The van der Waals surface area contributed by atoms with Crippen LogP contribution in [0.15, 0.2) is 42.5 Å². The van der Waals surface area contributed by atoms with Gasteiger partial charge in [-0.2, -0.15) is 0 Å². The van der Waals surface area contributed by atoms with Crippen LogP contribution in [0.1, 0.15) is 81.8 Å². The Morgan fingerprint density at radius 1 is 0.912 bits per heavy atom. The minimum Gasteiger partial charge on any atom is -0.311 e. The van der Waals surface area contributed by atoms with Gasteiger partial charge in [-0.25, -0.2) is 8.78 Å². The van der Waals surface area contributed by atoms with Gasteiger partial charge in [0.15, 0.2) is 0 Å². The molecule has 0 aromatic heterocycles. The molecule has 1 atom stereocenters. The minimum atomic E-state index is -0.333. The maximum Gasteiger partial charge on any atom is 0.241 e. The fourth-order valence-corrected chi connectivity index (χ4v) is 5.64. The van der Waals surface area contributed by atoms with Gasteiger partial charge in [0.1, 0.15) is 11.6 Å². The van der Waals surface area contributed by atoms with E-state index >= 15 is 0 Å². The second kappa shape index (κ2) is 11.9. The Morgan fingerprint density at radius 2 is 1.65 bits per heavy atom. The molecule has 2 aromatic carbocycles. The number of unbranched alkanes of at least 4 members (excludes halogenated alkanes) is 3. The van der Waals surface area contributed by atoms with Gasteiger partial charge in [-0.15, -0.1) is 0 Å². The molecule has 0 radical (unpaired) electrons. The highest BCUT2D eigenvalue weighted by Crippen LogP contribution is 2.39. The van der Waals surface area contributed by atoms with Crippen LogP contribution in [0.2, 0.25) is 0 Å². The summed E-state index contributed by atoms with van der Waals surface area (Å²) in [6, 6.07) is 11.3. The van der Waals surface area contributed by atoms with Crippen molar-refractivity contribution in [1.82, 2.24) is 4.90 Å². The molecule has 34 heavy (non-hydrogen) atoms. The molecule has 0 bridgehead atoms. The number of hydrogen-bond acceptors (Lipinski definition) is 2. The largest absolute Gasteiger partial charge is 0.311 e. The second-order valence-corrected chi connectivity index (χ2v) is 10.1. The molecule has 0 N–H and O–H groups in total. The molecule has 1 fully saturated rings. The third-order valence-electron chi connectivity index (χ3n) is 7.64. The van der Waals surface area contributed by atoms with Crippen LogP contribution in [-0.2, 0) is 4.79 Å².